The van der Waals surface area contributed by atoms with E-state index in [-0.39, 0.29) is 5.78 Å². The van der Waals surface area contributed by atoms with Crippen molar-refractivity contribution in [2.45, 2.75) is 24.9 Å². The molecule has 3 aromatic rings. The first-order valence-corrected chi connectivity index (χ1v) is 9.38. The van der Waals surface area contributed by atoms with Gasteiger partial charge in [0.1, 0.15) is 5.75 Å². The lowest BCUT2D eigenvalue weighted by atomic mass is 10.0. The van der Waals surface area contributed by atoms with E-state index in [1.54, 1.807) is 7.11 Å². The molecule has 1 aromatic heterocycles. The first-order chi connectivity index (χ1) is 12.6. The van der Waals surface area contributed by atoms with Crippen molar-refractivity contribution in [3.05, 3.63) is 59.7 Å². The van der Waals surface area contributed by atoms with Gasteiger partial charge in [0.25, 0.3) is 0 Å². The van der Waals surface area contributed by atoms with Gasteiger partial charge in [-0.25, -0.2) is 4.98 Å². The Balaban J connectivity index is 1.61. The molecule has 0 atom stereocenters. The number of aromatic nitrogens is 3. The summed E-state index contributed by atoms with van der Waals surface area (Å²) in [7, 11) is 1.63. The summed E-state index contributed by atoms with van der Waals surface area (Å²) in [4.78, 5) is 16.8. The molecule has 0 fully saturated rings. The molecule has 0 amide bonds. The second-order valence-corrected chi connectivity index (χ2v) is 7.13. The van der Waals surface area contributed by atoms with E-state index >= 15 is 0 Å². The summed E-state index contributed by atoms with van der Waals surface area (Å²) in [6.07, 6.45) is 0. The molecule has 26 heavy (non-hydrogen) atoms. The normalized spacial score (nSPS) is 10.9. The van der Waals surface area contributed by atoms with Crippen LogP contribution in [-0.4, -0.2) is 33.8 Å². The first kappa shape index (κ1) is 18.2. The van der Waals surface area contributed by atoms with Crippen molar-refractivity contribution < 1.29 is 9.53 Å². The largest absolute Gasteiger partial charge is 0.497 e. The molecule has 134 valence electrons. The number of ketones is 1. The minimum atomic E-state index is 0.0705. The molecule has 3 rings (SSSR count). The Bertz CT molecular complexity index is 871. The van der Waals surface area contributed by atoms with Gasteiger partial charge in [-0.2, -0.15) is 0 Å². The Hall–Kier alpha value is -2.60. The smallest absolute Gasteiger partial charge is 0.209 e. The molecule has 0 bridgehead atoms. The van der Waals surface area contributed by atoms with Gasteiger partial charge in [-0.1, -0.05) is 49.9 Å². The van der Waals surface area contributed by atoms with Crippen molar-refractivity contribution in [3.8, 4) is 17.1 Å². The monoisotopic (exact) mass is 367 g/mol. The third kappa shape index (κ3) is 4.32. The number of H-pyrrole nitrogens is 1. The number of hydrogen-bond donors (Lipinski definition) is 1. The van der Waals surface area contributed by atoms with Crippen LogP contribution in [0, 0.1) is 0 Å². The summed E-state index contributed by atoms with van der Waals surface area (Å²) in [6, 6.07) is 15.4. The van der Waals surface area contributed by atoms with Crippen molar-refractivity contribution in [2.75, 3.05) is 12.9 Å². The highest BCUT2D eigenvalue weighted by molar-refractivity contribution is 7.99. The van der Waals surface area contributed by atoms with Crippen LogP contribution in [0.5, 0.6) is 5.75 Å². The molecule has 0 saturated carbocycles. The molecular formula is C20H21N3O2S. The average molecular weight is 367 g/mol. The Morgan fingerprint density at radius 3 is 2.42 bits per heavy atom. The highest BCUT2D eigenvalue weighted by Gasteiger charge is 2.11. The summed E-state index contributed by atoms with van der Waals surface area (Å²) in [6.45, 7) is 4.27. The predicted molar refractivity (Wildman–Crippen MR) is 104 cm³/mol. The Morgan fingerprint density at radius 2 is 1.81 bits per heavy atom. The summed E-state index contributed by atoms with van der Waals surface area (Å²) in [5.74, 6) is 2.29. The number of carbonyl (C=O) groups excluding carboxylic acids is 1. The molecule has 0 radical (unpaired) electrons. The molecule has 6 heteroatoms. The minimum absolute atomic E-state index is 0.0705. The number of ether oxygens (including phenoxy) is 1. The van der Waals surface area contributed by atoms with E-state index in [9.17, 15) is 4.79 Å². The third-order valence-corrected chi connectivity index (χ3v) is 4.91. The Labute approximate surface area is 157 Å². The second kappa shape index (κ2) is 8.19. The van der Waals surface area contributed by atoms with Crippen molar-refractivity contribution in [3.63, 3.8) is 0 Å². The van der Waals surface area contributed by atoms with Gasteiger partial charge in [-0.15, -0.1) is 5.10 Å². The van der Waals surface area contributed by atoms with E-state index in [4.69, 9.17) is 4.74 Å². The fourth-order valence-corrected chi connectivity index (χ4v) is 3.15. The fraction of sp³-hybridized carbons (Fsp3) is 0.250. The number of methoxy groups -OCH3 is 1. The summed E-state index contributed by atoms with van der Waals surface area (Å²) >= 11 is 1.33. The molecule has 1 N–H and O–H groups in total. The van der Waals surface area contributed by atoms with Crippen LogP contribution in [0.15, 0.2) is 53.7 Å². The molecule has 0 aliphatic heterocycles. The number of nitrogens with zero attached hydrogens (tertiary/aromatic N) is 2. The quantitative estimate of drug-likeness (QED) is 0.489. The van der Waals surface area contributed by atoms with Gasteiger partial charge in [0.2, 0.25) is 5.16 Å². The third-order valence-electron chi connectivity index (χ3n) is 4.06. The van der Waals surface area contributed by atoms with E-state index in [0.29, 0.717) is 28.2 Å². The van der Waals surface area contributed by atoms with Gasteiger partial charge >= 0.3 is 0 Å². The van der Waals surface area contributed by atoms with Crippen LogP contribution >= 0.6 is 11.8 Å². The maximum atomic E-state index is 12.3. The number of hydrogen-bond acceptors (Lipinski definition) is 5. The molecule has 2 aromatic carbocycles. The lowest BCUT2D eigenvalue weighted by Gasteiger charge is -2.05. The Kier molecular flexibility index (Phi) is 5.73. The van der Waals surface area contributed by atoms with Crippen molar-refractivity contribution in [1.82, 2.24) is 15.2 Å². The average Bonchev–Trinajstić information content (AvgIpc) is 3.15. The van der Waals surface area contributed by atoms with E-state index in [1.165, 1.54) is 17.3 Å². The van der Waals surface area contributed by atoms with Gasteiger partial charge in [0.05, 0.1) is 12.9 Å². The molecule has 0 aliphatic carbocycles. The van der Waals surface area contributed by atoms with Crippen LogP contribution in [0.4, 0.5) is 0 Å². The standard InChI is InChI=1S/C20H21N3O2S/c1-13(2)14-4-6-15(7-5-14)18(24)12-26-20-21-19(22-23-20)16-8-10-17(25-3)11-9-16/h4-11,13H,12H2,1-3H3,(H,21,22,23). The molecule has 0 spiro atoms. The van der Waals surface area contributed by atoms with Gasteiger partial charge in [-0.3, -0.25) is 9.89 Å². The van der Waals surface area contributed by atoms with Crippen molar-refractivity contribution in [1.29, 1.82) is 0 Å². The zero-order valence-corrected chi connectivity index (χ0v) is 15.8. The molecular weight excluding hydrogens is 346 g/mol. The topological polar surface area (TPSA) is 67.9 Å². The van der Waals surface area contributed by atoms with Crippen LogP contribution in [0.1, 0.15) is 35.7 Å². The fourth-order valence-electron chi connectivity index (χ4n) is 2.46. The van der Waals surface area contributed by atoms with E-state index in [1.807, 2.05) is 48.5 Å². The van der Waals surface area contributed by atoms with Gasteiger partial charge in [0, 0.05) is 11.1 Å². The van der Waals surface area contributed by atoms with E-state index < -0.39 is 0 Å². The van der Waals surface area contributed by atoms with Crippen molar-refractivity contribution in [2.24, 2.45) is 0 Å². The van der Waals surface area contributed by atoms with Crippen molar-refractivity contribution >= 4 is 17.5 Å². The molecule has 0 saturated heterocycles. The van der Waals surface area contributed by atoms with Crippen LogP contribution in [-0.2, 0) is 0 Å². The number of thioether (sulfide) groups is 1. The van der Waals surface area contributed by atoms with E-state index in [2.05, 4.69) is 29.0 Å². The number of nitrogens with one attached hydrogen (secondary N) is 1. The molecule has 1 heterocycles. The number of rotatable bonds is 7. The van der Waals surface area contributed by atoms with Gasteiger partial charge < -0.3 is 4.74 Å². The van der Waals surface area contributed by atoms with Crippen LogP contribution in [0.3, 0.4) is 0 Å². The number of carbonyl (C=O) groups is 1. The minimum Gasteiger partial charge on any atom is -0.497 e. The highest BCUT2D eigenvalue weighted by Crippen LogP contribution is 2.22. The number of aromatic amines is 1. The predicted octanol–water partition coefficient (Wildman–Crippen LogP) is 4.58. The Morgan fingerprint density at radius 1 is 1.12 bits per heavy atom. The second-order valence-electron chi connectivity index (χ2n) is 6.18. The summed E-state index contributed by atoms with van der Waals surface area (Å²) < 4.78 is 5.15. The first-order valence-electron chi connectivity index (χ1n) is 8.39. The number of benzene rings is 2. The molecule has 0 aliphatic rings. The highest BCUT2D eigenvalue weighted by atomic mass is 32.2. The molecule has 5 nitrogen and oxygen atoms in total. The van der Waals surface area contributed by atoms with Gasteiger partial charge in [0.15, 0.2) is 11.6 Å². The van der Waals surface area contributed by atoms with Crippen LogP contribution in [0.25, 0.3) is 11.4 Å². The zero-order valence-electron chi connectivity index (χ0n) is 15.0. The SMILES string of the molecule is COc1ccc(-c2nc(SCC(=O)c3ccc(C(C)C)cc3)n[nH]2)cc1. The maximum Gasteiger partial charge on any atom is 0.209 e. The lowest BCUT2D eigenvalue weighted by Crippen LogP contribution is -2.03. The maximum absolute atomic E-state index is 12.3. The summed E-state index contributed by atoms with van der Waals surface area (Å²) in [5.41, 5.74) is 2.86. The summed E-state index contributed by atoms with van der Waals surface area (Å²) in [5, 5.41) is 7.65. The molecule has 0 unspecified atom stereocenters. The van der Waals surface area contributed by atoms with Gasteiger partial charge in [-0.05, 0) is 35.7 Å². The van der Waals surface area contributed by atoms with Crippen LogP contribution < -0.4 is 4.74 Å². The lowest BCUT2D eigenvalue weighted by molar-refractivity contribution is 0.102. The van der Waals surface area contributed by atoms with E-state index in [0.717, 1.165) is 11.3 Å². The zero-order chi connectivity index (χ0) is 18.5. The number of Topliss-reactive ketones (excluding diaryl/α,β-unsaturated/α-hetero) is 1. The van der Waals surface area contributed by atoms with Crippen LogP contribution in [0.2, 0.25) is 0 Å².